The fraction of sp³-hybridized carbons (Fsp3) is 0.478. The molecule has 4 rings (SSSR count). The van der Waals surface area contributed by atoms with Crippen molar-refractivity contribution in [3.63, 3.8) is 0 Å². The summed E-state index contributed by atoms with van der Waals surface area (Å²) in [5.41, 5.74) is 2.20. The van der Waals surface area contributed by atoms with E-state index in [1.165, 1.54) is 15.6 Å². The molecule has 32 heavy (non-hydrogen) atoms. The van der Waals surface area contributed by atoms with Crippen LogP contribution in [-0.2, 0) is 25.3 Å². The van der Waals surface area contributed by atoms with Crippen LogP contribution in [-0.4, -0.2) is 44.3 Å². The Kier molecular flexibility index (Phi) is 6.97. The summed E-state index contributed by atoms with van der Waals surface area (Å²) in [6.07, 6.45) is 3.00. The Bertz CT molecular complexity index is 1070. The van der Waals surface area contributed by atoms with Crippen LogP contribution in [0.25, 0.3) is 0 Å². The van der Waals surface area contributed by atoms with Crippen LogP contribution in [0.15, 0.2) is 35.7 Å². The molecule has 1 N–H and O–H groups in total. The summed E-state index contributed by atoms with van der Waals surface area (Å²) in [4.78, 5) is 25.4. The Morgan fingerprint density at radius 1 is 1.12 bits per heavy atom. The molecule has 0 spiro atoms. The maximum Gasteiger partial charge on any atom is 0.341 e. The second-order valence-corrected chi connectivity index (χ2v) is 11.1. The van der Waals surface area contributed by atoms with E-state index in [0.29, 0.717) is 42.4 Å². The molecule has 1 amide bonds. The van der Waals surface area contributed by atoms with Crippen molar-refractivity contribution in [3.05, 3.63) is 52.4 Å². The van der Waals surface area contributed by atoms with Gasteiger partial charge in [-0.05, 0) is 55.0 Å². The average Bonchev–Trinajstić information content (AvgIpc) is 3.54. The highest BCUT2D eigenvalue weighted by molar-refractivity contribution is 7.88. The number of thiophene rings is 1. The van der Waals surface area contributed by atoms with Crippen molar-refractivity contribution in [3.8, 4) is 0 Å². The Labute approximate surface area is 192 Å². The van der Waals surface area contributed by atoms with Crippen LogP contribution in [0.4, 0.5) is 5.00 Å². The maximum absolute atomic E-state index is 12.9. The average molecular weight is 477 g/mol. The number of nitrogens with zero attached hydrogens (tertiary/aromatic N) is 1. The quantitative estimate of drug-likeness (QED) is 0.582. The fourth-order valence-electron chi connectivity index (χ4n) is 4.06. The normalized spacial score (nSPS) is 17.8. The molecule has 172 valence electrons. The molecule has 0 bridgehead atoms. The van der Waals surface area contributed by atoms with Crippen LogP contribution < -0.4 is 5.32 Å². The molecular formula is C23H28N2O5S2. The molecule has 1 aromatic carbocycles. The second-order valence-electron chi connectivity index (χ2n) is 8.29. The predicted octanol–water partition coefficient (Wildman–Crippen LogP) is 3.98. The number of carbonyl (C=O) groups excluding carboxylic acids is 2. The van der Waals surface area contributed by atoms with Gasteiger partial charge in [0, 0.05) is 19.0 Å². The number of hydrogen-bond acceptors (Lipinski definition) is 6. The van der Waals surface area contributed by atoms with Gasteiger partial charge in [-0.25, -0.2) is 17.5 Å². The standard InChI is InChI=1S/C23H28N2O5S2/c1-2-30-23(27)20-19(17-8-9-17)14-31-22(20)24-21(26)18-10-12-25(13-11-18)32(28,29)15-16-6-4-3-5-7-16/h3-7,14,17-18H,2,8-13,15H2,1H3,(H,24,26). The minimum Gasteiger partial charge on any atom is -0.462 e. The largest absolute Gasteiger partial charge is 0.462 e. The number of piperidine rings is 1. The van der Waals surface area contributed by atoms with Crippen LogP contribution in [0, 0.1) is 5.92 Å². The van der Waals surface area contributed by atoms with Gasteiger partial charge in [-0.15, -0.1) is 11.3 Å². The van der Waals surface area contributed by atoms with E-state index in [9.17, 15) is 18.0 Å². The number of benzene rings is 1. The van der Waals surface area contributed by atoms with Gasteiger partial charge >= 0.3 is 5.97 Å². The Morgan fingerprint density at radius 3 is 2.44 bits per heavy atom. The van der Waals surface area contributed by atoms with Gasteiger partial charge in [0.05, 0.1) is 17.9 Å². The van der Waals surface area contributed by atoms with E-state index in [1.807, 2.05) is 23.6 Å². The molecule has 2 aromatic rings. The molecule has 1 aliphatic heterocycles. The minimum absolute atomic E-state index is 0.0350. The van der Waals surface area contributed by atoms with E-state index in [-0.39, 0.29) is 24.2 Å². The molecule has 1 saturated heterocycles. The van der Waals surface area contributed by atoms with Gasteiger partial charge in [0.25, 0.3) is 0 Å². The number of esters is 1. The second kappa shape index (κ2) is 9.72. The fourth-order valence-corrected chi connectivity index (χ4v) is 6.66. The van der Waals surface area contributed by atoms with Crippen LogP contribution in [0.5, 0.6) is 0 Å². The van der Waals surface area contributed by atoms with E-state index in [4.69, 9.17) is 4.74 Å². The van der Waals surface area contributed by atoms with Crippen LogP contribution in [0.3, 0.4) is 0 Å². The highest BCUT2D eigenvalue weighted by Gasteiger charge is 2.34. The number of hydrogen-bond donors (Lipinski definition) is 1. The molecule has 7 nitrogen and oxygen atoms in total. The van der Waals surface area contributed by atoms with Gasteiger partial charge in [0.1, 0.15) is 5.00 Å². The van der Waals surface area contributed by atoms with Gasteiger partial charge in [-0.1, -0.05) is 30.3 Å². The van der Waals surface area contributed by atoms with Gasteiger partial charge in [0.2, 0.25) is 15.9 Å². The van der Waals surface area contributed by atoms with Crippen molar-refractivity contribution in [1.29, 1.82) is 0 Å². The maximum atomic E-state index is 12.9. The molecule has 0 atom stereocenters. The molecular weight excluding hydrogens is 448 g/mol. The lowest BCUT2D eigenvalue weighted by Gasteiger charge is -2.30. The number of nitrogens with one attached hydrogen (secondary N) is 1. The summed E-state index contributed by atoms with van der Waals surface area (Å²) >= 11 is 1.36. The van der Waals surface area contributed by atoms with Gasteiger partial charge in [-0.2, -0.15) is 0 Å². The molecule has 9 heteroatoms. The van der Waals surface area contributed by atoms with Crippen molar-refractivity contribution >= 4 is 38.2 Å². The van der Waals surface area contributed by atoms with Crippen LogP contribution in [0.1, 0.15) is 60.0 Å². The Balaban J connectivity index is 1.38. The zero-order valence-corrected chi connectivity index (χ0v) is 19.7. The van der Waals surface area contributed by atoms with Crippen molar-refractivity contribution < 1.29 is 22.7 Å². The van der Waals surface area contributed by atoms with Crippen molar-refractivity contribution in [2.24, 2.45) is 5.92 Å². The third kappa shape index (κ3) is 5.22. The first-order valence-corrected chi connectivity index (χ1v) is 13.5. The summed E-state index contributed by atoms with van der Waals surface area (Å²) in [6, 6.07) is 9.11. The number of ether oxygens (including phenoxy) is 1. The lowest BCUT2D eigenvalue weighted by molar-refractivity contribution is -0.120. The van der Waals surface area contributed by atoms with E-state index < -0.39 is 16.0 Å². The molecule has 2 fully saturated rings. The molecule has 1 saturated carbocycles. The number of rotatable bonds is 8. The third-order valence-electron chi connectivity index (χ3n) is 5.96. The molecule has 0 radical (unpaired) electrons. The topological polar surface area (TPSA) is 92.8 Å². The molecule has 0 unspecified atom stereocenters. The summed E-state index contributed by atoms with van der Waals surface area (Å²) in [6.45, 7) is 2.67. The van der Waals surface area contributed by atoms with E-state index >= 15 is 0 Å². The molecule has 2 heterocycles. The number of amides is 1. The first-order valence-electron chi connectivity index (χ1n) is 11.0. The predicted molar refractivity (Wildman–Crippen MR) is 124 cm³/mol. The smallest absolute Gasteiger partial charge is 0.341 e. The SMILES string of the molecule is CCOC(=O)c1c(C2CC2)csc1NC(=O)C1CCN(S(=O)(=O)Cc2ccccc2)CC1. The lowest BCUT2D eigenvalue weighted by Crippen LogP contribution is -2.41. The van der Waals surface area contributed by atoms with Gasteiger partial charge < -0.3 is 10.1 Å². The monoisotopic (exact) mass is 476 g/mol. The summed E-state index contributed by atoms with van der Waals surface area (Å²) in [5, 5.41) is 5.41. The summed E-state index contributed by atoms with van der Waals surface area (Å²) < 4.78 is 32.2. The lowest BCUT2D eigenvalue weighted by atomic mass is 9.97. The van der Waals surface area contributed by atoms with Gasteiger partial charge in [0.15, 0.2) is 0 Å². The first-order chi connectivity index (χ1) is 15.4. The molecule has 1 aromatic heterocycles. The van der Waals surface area contributed by atoms with Crippen molar-refractivity contribution in [2.75, 3.05) is 25.0 Å². The number of sulfonamides is 1. The summed E-state index contributed by atoms with van der Waals surface area (Å²) in [7, 11) is -3.43. The number of carbonyl (C=O) groups is 2. The van der Waals surface area contributed by atoms with Crippen LogP contribution >= 0.6 is 11.3 Å². The molecule has 1 aliphatic carbocycles. The first kappa shape index (κ1) is 22.9. The van der Waals surface area contributed by atoms with E-state index in [1.54, 1.807) is 19.1 Å². The Morgan fingerprint density at radius 2 is 1.81 bits per heavy atom. The highest BCUT2D eigenvalue weighted by atomic mass is 32.2. The van der Waals surface area contributed by atoms with E-state index in [2.05, 4.69) is 5.32 Å². The molecule has 2 aliphatic rings. The summed E-state index contributed by atoms with van der Waals surface area (Å²) in [5.74, 6) is -0.520. The van der Waals surface area contributed by atoms with Gasteiger partial charge in [-0.3, -0.25) is 4.79 Å². The third-order valence-corrected chi connectivity index (χ3v) is 8.73. The highest BCUT2D eigenvalue weighted by Crippen LogP contribution is 2.46. The zero-order valence-electron chi connectivity index (χ0n) is 18.1. The minimum atomic E-state index is -3.43. The van der Waals surface area contributed by atoms with Crippen LogP contribution in [0.2, 0.25) is 0 Å². The van der Waals surface area contributed by atoms with Crippen molar-refractivity contribution in [1.82, 2.24) is 4.31 Å². The zero-order chi connectivity index (χ0) is 22.7. The Hall–Kier alpha value is -2.23. The van der Waals surface area contributed by atoms with E-state index in [0.717, 1.165) is 24.0 Å². The van der Waals surface area contributed by atoms with Crippen molar-refractivity contribution in [2.45, 2.75) is 44.3 Å². The number of anilines is 1.